The van der Waals surface area contributed by atoms with Gasteiger partial charge in [0, 0.05) is 30.9 Å². The van der Waals surface area contributed by atoms with Gasteiger partial charge in [0.2, 0.25) is 0 Å². The minimum atomic E-state index is 0.325. The van der Waals surface area contributed by atoms with Crippen molar-refractivity contribution in [1.29, 1.82) is 0 Å². The van der Waals surface area contributed by atoms with Gasteiger partial charge >= 0.3 is 0 Å². The molecule has 1 aromatic carbocycles. The summed E-state index contributed by atoms with van der Waals surface area (Å²) in [5, 5.41) is 10.4. The summed E-state index contributed by atoms with van der Waals surface area (Å²) in [5.41, 5.74) is 1.74. The molecule has 136 valence electrons. The number of aliphatic hydroxyl groups excluding tert-OH is 1. The molecule has 0 bridgehead atoms. The lowest BCUT2D eigenvalue weighted by atomic mass is 9.82. The maximum atomic E-state index is 9.32. The van der Waals surface area contributed by atoms with Crippen LogP contribution in [0.4, 0.5) is 0 Å². The number of aliphatic hydroxyl groups is 1. The topological polar surface area (TPSA) is 60.2 Å². The molecule has 1 N–H and O–H groups in total. The van der Waals surface area contributed by atoms with Gasteiger partial charge in [-0.1, -0.05) is 18.2 Å². The monoisotopic (exact) mass is 351 g/mol. The number of pyridine rings is 1. The Labute approximate surface area is 153 Å². The lowest BCUT2D eigenvalue weighted by Crippen LogP contribution is -2.21. The number of rotatable bonds is 5. The van der Waals surface area contributed by atoms with Crippen molar-refractivity contribution in [2.24, 2.45) is 11.8 Å². The van der Waals surface area contributed by atoms with E-state index in [-0.39, 0.29) is 0 Å². The molecule has 0 radical (unpaired) electrons. The average Bonchev–Trinajstić information content (AvgIpc) is 3.15. The Bertz CT molecular complexity index is 882. The fraction of sp³-hybridized carbons (Fsp3) is 0.429. The molecule has 4 rings (SSSR count). The lowest BCUT2D eigenvalue weighted by Gasteiger charge is -2.27. The standard InChI is InChI=1S/C21H25N3O2/c1-26-19-4-2-3-17-9-10-18(23-20(17)19)21-22-11-12-24(21)13-15-5-7-16(14-25)8-6-15/h2-4,9-12,15-16,25H,5-8,13-14H2,1H3. The van der Waals surface area contributed by atoms with E-state index >= 15 is 0 Å². The summed E-state index contributed by atoms with van der Waals surface area (Å²) in [6, 6.07) is 10.1. The van der Waals surface area contributed by atoms with E-state index in [1.54, 1.807) is 7.11 Å². The van der Waals surface area contributed by atoms with Crippen molar-refractivity contribution >= 4 is 10.9 Å². The minimum Gasteiger partial charge on any atom is -0.494 e. The molecule has 2 aromatic heterocycles. The second-order valence-electron chi connectivity index (χ2n) is 7.20. The van der Waals surface area contributed by atoms with Gasteiger partial charge in [-0.2, -0.15) is 0 Å². The Morgan fingerprint density at radius 2 is 1.92 bits per heavy atom. The van der Waals surface area contributed by atoms with Crippen LogP contribution in [0.3, 0.4) is 0 Å². The molecule has 3 aromatic rings. The first kappa shape index (κ1) is 17.0. The summed E-state index contributed by atoms with van der Waals surface area (Å²) in [6.07, 6.45) is 8.47. The van der Waals surface area contributed by atoms with Crippen molar-refractivity contribution in [3.8, 4) is 17.3 Å². The molecular weight excluding hydrogens is 326 g/mol. The van der Waals surface area contributed by atoms with Crippen LogP contribution in [0.5, 0.6) is 5.75 Å². The molecule has 0 atom stereocenters. The number of imidazole rings is 1. The zero-order chi connectivity index (χ0) is 17.9. The number of hydrogen-bond acceptors (Lipinski definition) is 4. The van der Waals surface area contributed by atoms with Crippen molar-refractivity contribution in [3.05, 3.63) is 42.7 Å². The van der Waals surface area contributed by atoms with Crippen LogP contribution in [0.15, 0.2) is 42.7 Å². The normalized spacial score (nSPS) is 20.4. The fourth-order valence-corrected chi connectivity index (χ4v) is 3.97. The fourth-order valence-electron chi connectivity index (χ4n) is 3.97. The van der Waals surface area contributed by atoms with Crippen LogP contribution in [0.1, 0.15) is 25.7 Å². The summed E-state index contributed by atoms with van der Waals surface area (Å²) < 4.78 is 7.68. The van der Waals surface area contributed by atoms with Crippen LogP contribution in [0.2, 0.25) is 0 Å². The predicted octanol–water partition coefficient (Wildman–Crippen LogP) is 3.91. The van der Waals surface area contributed by atoms with Gasteiger partial charge in [-0.3, -0.25) is 0 Å². The molecule has 1 aliphatic carbocycles. The Morgan fingerprint density at radius 1 is 1.12 bits per heavy atom. The van der Waals surface area contributed by atoms with Gasteiger partial charge in [0.1, 0.15) is 17.0 Å². The smallest absolute Gasteiger partial charge is 0.158 e. The van der Waals surface area contributed by atoms with Crippen LogP contribution < -0.4 is 4.74 Å². The van der Waals surface area contributed by atoms with Gasteiger partial charge in [0.05, 0.1) is 7.11 Å². The average molecular weight is 351 g/mol. The number of hydrogen-bond donors (Lipinski definition) is 1. The van der Waals surface area contributed by atoms with Gasteiger partial charge in [-0.05, 0) is 49.7 Å². The molecule has 1 saturated carbocycles. The van der Waals surface area contributed by atoms with E-state index in [1.807, 2.05) is 36.7 Å². The highest BCUT2D eigenvalue weighted by Crippen LogP contribution is 2.31. The summed E-state index contributed by atoms with van der Waals surface area (Å²) in [4.78, 5) is 9.39. The first-order valence-corrected chi connectivity index (χ1v) is 9.34. The van der Waals surface area contributed by atoms with Crippen molar-refractivity contribution in [2.45, 2.75) is 32.2 Å². The summed E-state index contributed by atoms with van der Waals surface area (Å²) in [7, 11) is 1.67. The third-order valence-electron chi connectivity index (χ3n) is 5.53. The Morgan fingerprint density at radius 3 is 2.69 bits per heavy atom. The molecule has 0 saturated heterocycles. The largest absolute Gasteiger partial charge is 0.494 e. The van der Waals surface area contributed by atoms with Gasteiger partial charge in [0.25, 0.3) is 0 Å². The van der Waals surface area contributed by atoms with Gasteiger partial charge in [0.15, 0.2) is 5.82 Å². The van der Waals surface area contributed by atoms with Crippen molar-refractivity contribution in [2.75, 3.05) is 13.7 Å². The van der Waals surface area contributed by atoms with Gasteiger partial charge in [-0.25, -0.2) is 9.97 Å². The van der Waals surface area contributed by atoms with Crippen LogP contribution in [-0.4, -0.2) is 33.4 Å². The SMILES string of the molecule is COc1cccc2ccc(-c3nccn3CC3CCC(CO)CC3)nc12. The van der Waals surface area contributed by atoms with Crippen LogP contribution in [-0.2, 0) is 6.54 Å². The third-order valence-corrected chi connectivity index (χ3v) is 5.53. The Balaban J connectivity index is 1.60. The summed E-state index contributed by atoms with van der Waals surface area (Å²) in [5.74, 6) is 2.82. The maximum Gasteiger partial charge on any atom is 0.158 e. The summed E-state index contributed by atoms with van der Waals surface area (Å²) in [6.45, 7) is 1.28. The number of methoxy groups -OCH3 is 1. The van der Waals surface area contributed by atoms with E-state index in [0.717, 1.165) is 47.6 Å². The van der Waals surface area contributed by atoms with E-state index in [9.17, 15) is 5.11 Å². The van der Waals surface area contributed by atoms with Crippen LogP contribution >= 0.6 is 0 Å². The predicted molar refractivity (Wildman–Crippen MR) is 102 cm³/mol. The van der Waals surface area contributed by atoms with Crippen molar-refractivity contribution in [3.63, 3.8) is 0 Å². The first-order valence-electron chi connectivity index (χ1n) is 9.34. The number of aromatic nitrogens is 3. The van der Waals surface area contributed by atoms with E-state index < -0.39 is 0 Å². The number of para-hydroxylation sites is 1. The number of fused-ring (bicyclic) bond motifs is 1. The van der Waals surface area contributed by atoms with E-state index in [2.05, 4.69) is 15.6 Å². The molecule has 26 heavy (non-hydrogen) atoms. The van der Waals surface area contributed by atoms with Crippen molar-refractivity contribution < 1.29 is 9.84 Å². The van der Waals surface area contributed by atoms with Gasteiger partial charge < -0.3 is 14.4 Å². The molecule has 5 heteroatoms. The van der Waals surface area contributed by atoms with Crippen LogP contribution in [0, 0.1) is 11.8 Å². The molecule has 1 aliphatic rings. The second kappa shape index (κ2) is 7.46. The zero-order valence-electron chi connectivity index (χ0n) is 15.1. The summed E-state index contributed by atoms with van der Waals surface area (Å²) >= 11 is 0. The highest BCUT2D eigenvalue weighted by Gasteiger charge is 2.22. The van der Waals surface area contributed by atoms with E-state index in [1.165, 1.54) is 12.8 Å². The number of benzene rings is 1. The quantitative estimate of drug-likeness (QED) is 0.757. The zero-order valence-corrected chi connectivity index (χ0v) is 15.1. The molecule has 0 unspecified atom stereocenters. The lowest BCUT2D eigenvalue weighted by molar-refractivity contribution is 0.161. The highest BCUT2D eigenvalue weighted by atomic mass is 16.5. The maximum absolute atomic E-state index is 9.32. The number of nitrogens with zero attached hydrogens (tertiary/aromatic N) is 3. The molecule has 0 aliphatic heterocycles. The van der Waals surface area contributed by atoms with Gasteiger partial charge in [-0.15, -0.1) is 0 Å². The molecule has 1 fully saturated rings. The molecular formula is C21H25N3O2. The van der Waals surface area contributed by atoms with Crippen LogP contribution in [0.25, 0.3) is 22.4 Å². The van der Waals surface area contributed by atoms with E-state index in [0.29, 0.717) is 18.4 Å². The first-order chi connectivity index (χ1) is 12.8. The van der Waals surface area contributed by atoms with E-state index in [4.69, 9.17) is 9.72 Å². The second-order valence-corrected chi connectivity index (χ2v) is 7.20. The van der Waals surface area contributed by atoms with Crippen molar-refractivity contribution in [1.82, 2.24) is 14.5 Å². The Kier molecular flexibility index (Phi) is 4.89. The molecule has 5 nitrogen and oxygen atoms in total. The Hall–Kier alpha value is -2.40. The molecule has 2 heterocycles. The minimum absolute atomic E-state index is 0.325. The molecule has 0 spiro atoms. The third kappa shape index (κ3) is 3.31. The highest BCUT2D eigenvalue weighted by molar-refractivity contribution is 5.86. The molecule has 0 amide bonds. The number of ether oxygens (including phenoxy) is 1.